The predicted molar refractivity (Wildman–Crippen MR) is 67.9 cm³/mol. The van der Waals surface area contributed by atoms with E-state index in [-0.39, 0.29) is 10.8 Å². The van der Waals surface area contributed by atoms with E-state index in [4.69, 9.17) is 0 Å². The lowest BCUT2D eigenvalue weighted by Gasteiger charge is -1.96. The average molecular weight is 249 g/mol. The third-order valence-electron chi connectivity index (χ3n) is 1.85. The van der Waals surface area contributed by atoms with Gasteiger partial charge in [0, 0.05) is 24.6 Å². The Kier molecular flexibility index (Phi) is 4.73. The van der Waals surface area contributed by atoms with Crippen molar-refractivity contribution in [1.82, 2.24) is 0 Å². The normalized spacial score (nSPS) is 9.29. The number of aryl methyl sites for hydroxylation is 1. The van der Waals surface area contributed by atoms with Gasteiger partial charge in [0.2, 0.25) is 0 Å². The minimum absolute atomic E-state index is 0.00882. The monoisotopic (exact) mass is 249 g/mol. The molecule has 0 aromatic heterocycles. The van der Waals surface area contributed by atoms with Gasteiger partial charge < -0.3 is 0 Å². The molecule has 0 N–H and O–H groups in total. The van der Waals surface area contributed by atoms with Crippen LogP contribution in [0.1, 0.15) is 18.1 Å². The molecular weight excluding hydrogens is 238 g/mol. The van der Waals surface area contributed by atoms with Gasteiger partial charge in [-0.25, -0.2) is 0 Å². The summed E-state index contributed by atoms with van der Waals surface area (Å²) in [6.07, 6.45) is 0. The van der Waals surface area contributed by atoms with E-state index in [0.29, 0.717) is 11.3 Å². The molecule has 0 aliphatic carbocycles. The molecule has 1 aromatic rings. The Morgan fingerprint density at radius 2 is 2.18 bits per heavy atom. The zero-order chi connectivity index (χ0) is 12.8. The molecule has 0 unspecified atom stereocenters. The molecule has 1 aromatic carbocycles. The maximum absolute atomic E-state index is 10.7. The highest BCUT2D eigenvalue weighted by atomic mass is 32.2. The Bertz CT molecular complexity index is 514. The second-order valence-corrected chi connectivity index (χ2v) is 4.55. The molecule has 0 radical (unpaired) electrons. The number of carbonyl (C=O) groups is 1. The fourth-order valence-corrected chi connectivity index (χ4v) is 1.56. The number of non-ortho nitro benzene ring substituents is 1. The Morgan fingerprint density at radius 3 is 2.76 bits per heavy atom. The van der Waals surface area contributed by atoms with Crippen molar-refractivity contribution in [2.75, 3.05) is 5.75 Å². The largest absolute Gasteiger partial charge is 0.288 e. The number of nitrogens with zero attached hydrogens (tertiary/aromatic N) is 1. The lowest BCUT2D eigenvalue weighted by Crippen LogP contribution is -1.90. The molecule has 0 amide bonds. The van der Waals surface area contributed by atoms with E-state index >= 15 is 0 Å². The van der Waals surface area contributed by atoms with Crippen molar-refractivity contribution in [2.45, 2.75) is 13.8 Å². The Balaban J connectivity index is 2.84. The van der Waals surface area contributed by atoms with Crippen LogP contribution in [0.25, 0.3) is 0 Å². The van der Waals surface area contributed by atoms with Crippen molar-refractivity contribution in [3.05, 3.63) is 39.4 Å². The molecule has 0 fully saturated rings. The molecule has 0 saturated carbocycles. The fourth-order valence-electron chi connectivity index (χ4n) is 1.22. The number of hydrogen-bond acceptors (Lipinski definition) is 4. The van der Waals surface area contributed by atoms with Gasteiger partial charge in [-0.3, -0.25) is 14.9 Å². The van der Waals surface area contributed by atoms with Crippen molar-refractivity contribution in [3.63, 3.8) is 0 Å². The van der Waals surface area contributed by atoms with E-state index in [2.05, 4.69) is 11.8 Å². The molecule has 17 heavy (non-hydrogen) atoms. The van der Waals surface area contributed by atoms with Crippen molar-refractivity contribution in [3.8, 4) is 11.8 Å². The summed E-state index contributed by atoms with van der Waals surface area (Å²) in [6.45, 7) is 3.26. The van der Waals surface area contributed by atoms with E-state index in [0.717, 1.165) is 17.3 Å². The standard InChI is InChI=1S/C12H11NO3S/c1-9-6-11(4-3-5-17-10(2)14)8-12(7-9)13(15)16/h6-8H,5H2,1-2H3. The Morgan fingerprint density at radius 1 is 1.47 bits per heavy atom. The molecule has 1 rings (SSSR count). The highest BCUT2D eigenvalue weighted by molar-refractivity contribution is 8.13. The van der Waals surface area contributed by atoms with Gasteiger partial charge in [0.1, 0.15) is 0 Å². The van der Waals surface area contributed by atoms with E-state index < -0.39 is 4.92 Å². The second-order valence-electron chi connectivity index (χ2n) is 3.40. The number of nitro benzene ring substituents is 1. The summed E-state index contributed by atoms with van der Waals surface area (Å²) in [4.78, 5) is 20.8. The molecule has 0 saturated heterocycles. The lowest BCUT2D eigenvalue weighted by atomic mass is 10.1. The molecule has 5 heteroatoms. The molecule has 4 nitrogen and oxygen atoms in total. The van der Waals surface area contributed by atoms with Crippen LogP contribution in [0.15, 0.2) is 18.2 Å². The highest BCUT2D eigenvalue weighted by Crippen LogP contribution is 2.15. The summed E-state index contributed by atoms with van der Waals surface area (Å²) >= 11 is 1.12. The summed E-state index contributed by atoms with van der Waals surface area (Å²) in [5.74, 6) is 6.00. The molecule has 0 heterocycles. The van der Waals surface area contributed by atoms with Crippen molar-refractivity contribution >= 4 is 22.6 Å². The topological polar surface area (TPSA) is 60.2 Å². The number of benzene rings is 1. The number of hydrogen-bond donors (Lipinski definition) is 0. The van der Waals surface area contributed by atoms with Crippen LogP contribution in [-0.2, 0) is 4.79 Å². The zero-order valence-electron chi connectivity index (χ0n) is 9.52. The Hall–Kier alpha value is -1.80. The molecule has 0 spiro atoms. The summed E-state index contributed by atoms with van der Waals surface area (Å²) in [5.41, 5.74) is 1.43. The first kappa shape index (κ1) is 13.3. The van der Waals surface area contributed by atoms with Gasteiger partial charge in [0.15, 0.2) is 5.12 Å². The van der Waals surface area contributed by atoms with Gasteiger partial charge >= 0.3 is 0 Å². The first-order valence-electron chi connectivity index (χ1n) is 4.87. The third kappa shape index (κ3) is 4.70. The van der Waals surface area contributed by atoms with Gasteiger partial charge in [-0.15, -0.1) is 0 Å². The second kappa shape index (κ2) is 6.06. The van der Waals surface area contributed by atoms with Crippen LogP contribution in [0.4, 0.5) is 5.69 Å². The van der Waals surface area contributed by atoms with E-state index in [1.807, 2.05) is 0 Å². The van der Waals surface area contributed by atoms with Crippen LogP contribution in [0.5, 0.6) is 0 Å². The van der Waals surface area contributed by atoms with Crippen LogP contribution in [0.3, 0.4) is 0 Å². The van der Waals surface area contributed by atoms with Crippen LogP contribution >= 0.6 is 11.8 Å². The highest BCUT2D eigenvalue weighted by Gasteiger charge is 2.06. The maximum atomic E-state index is 10.7. The molecule has 0 aliphatic rings. The van der Waals surface area contributed by atoms with E-state index in [9.17, 15) is 14.9 Å². The molecular formula is C12H11NO3S. The van der Waals surface area contributed by atoms with Gasteiger partial charge in [0.25, 0.3) is 5.69 Å². The van der Waals surface area contributed by atoms with Gasteiger partial charge in [-0.1, -0.05) is 23.6 Å². The average Bonchev–Trinajstić information content (AvgIpc) is 2.23. The summed E-state index contributed by atoms with van der Waals surface area (Å²) in [5, 5.41) is 10.6. The molecule has 0 atom stereocenters. The maximum Gasteiger partial charge on any atom is 0.270 e. The summed E-state index contributed by atoms with van der Waals surface area (Å²) < 4.78 is 0. The van der Waals surface area contributed by atoms with Crippen molar-refractivity contribution in [1.29, 1.82) is 0 Å². The number of rotatable bonds is 2. The minimum Gasteiger partial charge on any atom is -0.288 e. The smallest absolute Gasteiger partial charge is 0.270 e. The molecule has 88 valence electrons. The van der Waals surface area contributed by atoms with Gasteiger partial charge in [-0.2, -0.15) is 0 Å². The van der Waals surface area contributed by atoms with E-state index in [1.54, 1.807) is 13.0 Å². The summed E-state index contributed by atoms with van der Waals surface area (Å²) in [7, 11) is 0. The first-order chi connectivity index (χ1) is 7.99. The molecule has 0 bridgehead atoms. The Labute approximate surface area is 104 Å². The van der Waals surface area contributed by atoms with Crippen LogP contribution in [0.2, 0.25) is 0 Å². The van der Waals surface area contributed by atoms with Gasteiger partial charge in [0.05, 0.1) is 10.7 Å². The quantitative estimate of drug-likeness (QED) is 0.459. The van der Waals surface area contributed by atoms with E-state index in [1.165, 1.54) is 19.1 Å². The third-order valence-corrected chi connectivity index (χ3v) is 2.55. The first-order valence-corrected chi connectivity index (χ1v) is 5.86. The summed E-state index contributed by atoms with van der Waals surface area (Å²) in [6, 6.07) is 4.70. The van der Waals surface area contributed by atoms with Crippen LogP contribution in [0, 0.1) is 28.9 Å². The van der Waals surface area contributed by atoms with Crippen LogP contribution < -0.4 is 0 Å². The fraction of sp³-hybridized carbons (Fsp3) is 0.250. The van der Waals surface area contributed by atoms with Crippen LogP contribution in [-0.4, -0.2) is 15.8 Å². The van der Waals surface area contributed by atoms with Gasteiger partial charge in [-0.05, 0) is 18.6 Å². The number of nitro groups is 1. The SMILES string of the molecule is CC(=O)SCC#Cc1cc(C)cc([N+](=O)[O-])c1. The number of thioether (sulfide) groups is 1. The predicted octanol–water partition coefficient (Wildman–Crippen LogP) is 2.53. The minimum atomic E-state index is -0.442. The lowest BCUT2D eigenvalue weighted by molar-refractivity contribution is -0.384. The zero-order valence-corrected chi connectivity index (χ0v) is 10.3. The van der Waals surface area contributed by atoms with Crippen molar-refractivity contribution < 1.29 is 9.72 Å². The van der Waals surface area contributed by atoms with Crippen molar-refractivity contribution in [2.24, 2.45) is 0 Å². The number of carbonyl (C=O) groups excluding carboxylic acids is 1. The molecule has 0 aliphatic heterocycles.